The smallest absolute Gasteiger partial charge is 0.165 e. The fourth-order valence-corrected chi connectivity index (χ4v) is 4.26. The van der Waals surface area contributed by atoms with Gasteiger partial charge in [-0.1, -0.05) is 60.7 Å². The minimum Gasteiger partial charge on any atom is -0.394 e. The molecule has 0 amide bonds. The molecule has 2 aromatic heterocycles. The molecule has 2 aromatic carbocycles. The maximum absolute atomic E-state index is 10.1. The van der Waals surface area contributed by atoms with Gasteiger partial charge >= 0.3 is 0 Å². The number of aliphatic hydroxyl groups excluding tert-OH is 1. The summed E-state index contributed by atoms with van der Waals surface area (Å²) < 4.78 is 20.7. The molecule has 1 saturated heterocycles. The van der Waals surface area contributed by atoms with Crippen LogP contribution in [-0.4, -0.2) is 55.6 Å². The van der Waals surface area contributed by atoms with Crippen LogP contribution in [0.5, 0.6) is 0 Å². The summed E-state index contributed by atoms with van der Waals surface area (Å²) in [5.74, 6) is 0.324. The summed E-state index contributed by atoms with van der Waals surface area (Å²) in [7, 11) is 0. The molecule has 1 aliphatic heterocycles. The van der Waals surface area contributed by atoms with Gasteiger partial charge in [0.1, 0.15) is 36.3 Å². The van der Waals surface area contributed by atoms with Crippen molar-refractivity contribution in [1.82, 2.24) is 19.5 Å². The van der Waals surface area contributed by atoms with Crippen LogP contribution in [0.1, 0.15) is 11.1 Å². The largest absolute Gasteiger partial charge is 0.394 e. The van der Waals surface area contributed by atoms with E-state index < -0.39 is 24.4 Å². The number of rotatable bonds is 9. The molecule has 0 unspecified atom stereocenters. The van der Waals surface area contributed by atoms with Gasteiger partial charge in [0.05, 0.1) is 32.7 Å². The van der Waals surface area contributed by atoms with Crippen molar-refractivity contribution in [2.75, 3.05) is 12.3 Å². The molecule has 0 spiro atoms. The second kappa shape index (κ2) is 10.3. The van der Waals surface area contributed by atoms with Crippen molar-refractivity contribution in [3.63, 3.8) is 0 Å². The summed E-state index contributed by atoms with van der Waals surface area (Å²) in [5, 5.41) is 10.1. The molecule has 0 bridgehead atoms. The fourth-order valence-electron chi connectivity index (χ4n) is 4.26. The highest BCUT2D eigenvalue weighted by atomic mass is 16.6. The van der Waals surface area contributed by atoms with Crippen LogP contribution in [0.15, 0.2) is 73.3 Å². The topological polar surface area (TPSA) is 118 Å². The lowest BCUT2D eigenvalue weighted by molar-refractivity contribution is -0.0838. The van der Waals surface area contributed by atoms with Crippen molar-refractivity contribution >= 4 is 17.0 Å². The molecule has 34 heavy (non-hydrogen) atoms. The van der Waals surface area contributed by atoms with Crippen molar-refractivity contribution in [1.29, 1.82) is 0 Å². The molecule has 5 rings (SSSR count). The third-order valence-corrected chi connectivity index (χ3v) is 5.96. The minimum absolute atomic E-state index is 0.180. The molecule has 0 radical (unpaired) electrons. The van der Waals surface area contributed by atoms with Gasteiger partial charge < -0.3 is 29.6 Å². The lowest BCUT2D eigenvalue weighted by atomic mass is 10.1. The highest BCUT2D eigenvalue weighted by Gasteiger charge is 2.46. The summed E-state index contributed by atoms with van der Waals surface area (Å²) in [4.78, 5) is 12.7. The minimum atomic E-state index is -0.524. The Kier molecular flexibility index (Phi) is 6.77. The number of benzene rings is 2. The molecule has 1 aliphatic rings. The van der Waals surface area contributed by atoms with Gasteiger partial charge in [-0.15, -0.1) is 0 Å². The normalized spacial score (nSPS) is 22.4. The zero-order valence-electron chi connectivity index (χ0n) is 18.6. The number of hydrogen-bond donors (Lipinski definition) is 2. The van der Waals surface area contributed by atoms with Crippen molar-refractivity contribution in [3.8, 4) is 0 Å². The van der Waals surface area contributed by atoms with Crippen molar-refractivity contribution in [3.05, 3.63) is 84.4 Å². The van der Waals surface area contributed by atoms with Crippen molar-refractivity contribution in [2.45, 2.75) is 44.2 Å². The summed E-state index contributed by atoms with van der Waals surface area (Å²) in [6.07, 6.45) is 1.29. The van der Waals surface area contributed by atoms with Crippen LogP contribution < -0.4 is 5.73 Å². The highest BCUT2D eigenvalue weighted by Crippen LogP contribution is 2.30. The Morgan fingerprint density at radius 1 is 0.853 bits per heavy atom. The maximum Gasteiger partial charge on any atom is 0.165 e. The van der Waals surface area contributed by atoms with Crippen LogP contribution in [0.4, 0.5) is 5.82 Å². The van der Waals surface area contributed by atoms with Gasteiger partial charge in [0.25, 0.3) is 0 Å². The number of ether oxygens (including phenoxy) is 3. The van der Waals surface area contributed by atoms with Crippen LogP contribution in [0.2, 0.25) is 0 Å². The number of fused-ring (bicyclic) bond motifs is 1. The Labute approximate surface area is 197 Å². The Morgan fingerprint density at radius 3 is 2.09 bits per heavy atom. The van der Waals surface area contributed by atoms with Gasteiger partial charge in [0.2, 0.25) is 0 Å². The molecule has 3 heterocycles. The zero-order chi connectivity index (χ0) is 23.3. The number of nitrogen functional groups attached to an aromatic ring is 1. The van der Waals surface area contributed by atoms with Crippen molar-refractivity contribution in [2.24, 2.45) is 0 Å². The first kappa shape index (κ1) is 22.4. The standard InChI is InChI=1S/C25H27N5O4/c26-24-21-25(28-15-27-24)30(16-29-21)11-19-22(32-13-17-7-3-1-4-8-17)23(20(12-31)34-19)33-14-18-9-5-2-6-10-18/h1-10,15-16,19-20,22-23,31H,11-14H2,(H2,26,27,28)/t19-,20+,22+,23+/m1/s1. The van der Waals surface area contributed by atoms with E-state index in [0.717, 1.165) is 11.1 Å². The molecular weight excluding hydrogens is 434 g/mol. The average Bonchev–Trinajstić information content (AvgIpc) is 3.44. The Hall–Kier alpha value is -3.37. The van der Waals surface area contributed by atoms with Crippen LogP contribution in [0.3, 0.4) is 0 Å². The summed E-state index contributed by atoms with van der Waals surface area (Å²) >= 11 is 0. The predicted octanol–water partition coefficient (Wildman–Crippen LogP) is 2.34. The Bertz CT molecular complexity index is 1200. The quantitative estimate of drug-likeness (QED) is 0.390. The third kappa shape index (κ3) is 4.78. The van der Waals surface area contributed by atoms with E-state index in [2.05, 4.69) is 15.0 Å². The van der Waals surface area contributed by atoms with Gasteiger partial charge in [0, 0.05) is 0 Å². The van der Waals surface area contributed by atoms with Gasteiger partial charge in [0.15, 0.2) is 11.5 Å². The summed E-state index contributed by atoms with van der Waals surface area (Å²) in [6, 6.07) is 19.9. The number of aliphatic hydroxyl groups is 1. The van der Waals surface area contributed by atoms with Crippen LogP contribution in [-0.2, 0) is 34.0 Å². The summed E-state index contributed by atoms with van der Waals surface area (Å²) in [5.41, 5.74) is 9.18. The van der Waals surface area contributed by atoms with E-state index in [9.17, 15) is 5.11 Å². The van der Waals surface area contributed by atoms with E-state index in [-0.39, 0.29) is 6.61 Å². The SMILES string of the molecule is Nc1ncnc2c1ncn2C[C@H]1O[C@@H](CO)[C@H](OCc2ccccc2)[C@H]1OCc1ccccc1. The Morgan fingerprint density at radius 2 is 1.47 bits per heavy atom. The highest BCUT2D eigenvalue weighted by molar-refractivity contribution is 5.81. The lowest BCUT2D eigenvalue weighted by Crippen LogP contribution is -2.39. The van der Waals surface area contributed by atoms with Gasteiger partial charge in [-0.25, -0.2) is 15.0 Å². The number of nitrogens with zero attached hydrogens (tertiary/aromatic N) is 4. The lowest BCUT2D eigenvalue weighted by Gasteiger charge is -2.25. The monoisotopic (exact) mass is 461 g/mol. The van der Waals surface area contributed by atoms with Gasteiger partial charge in [-0.05, 0) is 11.1 Å². The molecule has 0 aliphatic carbocycles. The zero-order valence-corrected chi connectivity index (χ0v) is 18.6. The molecule has 4 aromatic rings. The molecule has 9 heteroatoms. The van der Waals surface area contributed by atoms with Gasteiger partial charge in [-0.2, -0.15) is 0 Å². The van der Waals surface area contributed by atoms with E-state index in [1.165, 1.54) is 6.33 Å². The van der Waals surface area contributed by atoms with E-state index >= 15 is 0 Å². The first-order valence-corrected chi connectivity index (χ1v) is 11.2. The molecule has 3 N–H and O–H groups in total. The van der Waals surface area contributed by atoms with Crippen LogP contribution in [0.25, 0.3) is 11.2 Å². The molecule has 0 saturated carbocycles. The molecule has 176 valence electrons. The molecule has 1 fully saturated rings. The maximum atomic E-state index is 10.1. The van der Waals surface area contributed by atoms with E-state index in [1.807, 2.05) is 65.2 Å². The number of hydrogen-bond acceptors (Lipinski definition) is 8. The third-order valence-electron chi connectivity index (χ3n) is 5.96. The Balaban J connectivity index is 1.39. The molecule has 4 atom stereocenters. The number of anilines is 1. The van der Waals surface area contributed by atoms with Gasteiger partial charge in [-0.3, -0.25) is 0 Å². The number of imidazole rings is 1. The number of aromatic nitrogens is 4. The van der Waals surface area contributed by atoms with Crippen molar-refractivity contribution < 1.29 is 19.3 Å². The fraction of sp³-hybridized carbons (Fsp3) is 0.320. The first-order valence-electron chi connectivity index (χ1n) is 11.2. The van der Waals surface area contributed by atoms with E-state index in [1.54, 1.807) is 6.33 Å². The molecule has 9 nitrogen and oxygen atoms in total. The number of nitrogens with two attached hydrogens (primary N) is 1. The average molecular weight is 462 g/mol. The van der Waals surface area contributed by atoms with Crippen LogP contribution in [0, 0.1) is 0 Å². The van der Waals surface area contributed by atoms with E-state index in [4.69, 9.17) is 19.9 Å². The summed E-state index contributed by atoms with van der Waals surface area (Å²) in [6.45, 7) is 1.02. The first-order chi connectivity index (χ1) is 16.7. The van der Waals surface area contributed by atoms with Crippen LogP contribution >= 0.6 is 0 Å². The predicted molar refractivity (Wildman–Crippen MR) is 126 cm³/mol. The second-order valence-electron chi connectivity index (χ2n) is 8.25. The second-order valence-corrected chi connectivity index (χ2v) is 8.25. The molecular formula is C25H27N5O4. The van der Waals surface area contributed by atoms with E-state index in [0.29, 0.717) is 36.7 Å².